The normalized spacial score (nSPS) is 10.5. The predicted octanol–water partition coefficient (Wildman–Crippen LogP) is 0.863. The third-order valence-corrected chi connectivity index (χ3v) is 2.27. The number of hydrogen-bond donors (Lipinski definition) is 1. The minimum atomic E-state index is -0.809. The van der Waals surface area contributed by atoms with Crippen LogP contribution in [0.2, 0.25) is 0 Å². The lowest BCUT2D eigenvalue weighted by Gasteiger charge is -2.05. The van der Waals surface area contributed by atoms with Crippen LogP contribution >= 0.6 is 0 Å². The van der Waals surface area contributed by atoms with Gasteiger partial charge in [-0.15, -0.1) is 0 Å². The molecule has 0 amide bonds. The average Bonchev–Trinajstić information content (AvgIpc) is 2.30. The Labute approximate surface area is 94.2 Å². The van der Waals surface area contributed by atoms with Gasteiger partial charge >= 0.3 is 11.1 Å². The van der Waals surface area contributed by atoms with Crippen molar-refractivity contribution in [3.63, 3.8) is 0 Å². The molecule has 0 aliphatic carbocycles. The second-order valence-corrected chi connectivity index (χ2v) is 3.46. The van der Waals surface area contributed by atoms with Crippen LogP contribution in [0, 0.1) is 11.6 Å². The molecule has 0 aliphatic rings. The Balaban J connectivity index is 2.45. The minimum Gasteiger partial charge on any atom is -0.323 e. The van der Waals surface area contributed by atoms with Gasteiger partial charge in [0, 0.05) is 18.0 Å². The number of H-pyrrole nitrogens is 1. The van der Waals surface area contributed by atoms with E-state index in [1.165, 1.54) is 12.4 Å². The number of halogens is 2. The van der Waals surface area contributed by atoms with Gasteiger partial charge in [0.05, 0.1) is 6.54 Å². The van der Waals surface area contributed by atoms with Gasteiger partial charge in [-0.2, -0.15) is 0 Å². The van der Waals surface area contributed by atoms with E-state index in [0.29, 0.717) is 0 Å². The van der Waals surface area contributed by atoms with Crippen molar-refractivity contribution in [2.24, 2.45) is 0 Å². The Morgan fingerprint density at radius 3 is 2.76 bits per heavy atom. The molecule has 17 heavy (non-hydrogen) atoms. The first-order valence-corrected chi connectivity index (χ1v) is 4.80. The maximum Gasteiger partial charge on any atom is 0.316 e. The molecule has 2 rings (SSSR count). The molecule has 0 spiro atoms. The fraction of sp³-hybridized carbons (Fsp3) is 0.0909. The van der Waals surface area contributed by atoms with Crippen molar-refractivity contribution < 1.29 is 8.78 Å². The molecule has 0 unspecified atom stereocenters. The van der Waals surface area contributed by atoms with Gasteiger partial charge in [0.2, 0.25) is 0 Å². The number of aromatic nitrogens is 2. The highest BCUT2D eigenvalue weighted by molar-refractivity contribution is 5.19. The largest absolute Gasteiger partial charge is 0.323 e. The number of nitrogens with zero attached hydrogens (tertiary/aromatic N) is 1. The van der Waals surface area contributed by atoms with E-state index < -0.39 is 22.8 Å². The number of rotatable bonds is 2. The highest BCUT2D eigenvalue weighted by atomic mass is 19.1. The number of benzene rings is 1. The zero-order valence-corrected chi connectivity index (χ0v) is 8.61. The van der Waals surface area contributed by atoms with Gasteiger partial charge < -0.3 is 9.55 Å². The second kappa shape index (κ2) is 4.32. The second-order valence-electron chi connectivity index (χ2n) is 3.46. The van der Waals surface area contributed by atoms with E-state index in [2.05, 4.69) is 4.98 Å². The van der Waals surface area contributed by atoms with Gasteiger partial charge in [-0.1, -0.05) is 0 Å². The maximum absolute atomic E-state index is 13.3. The SMILES string of the molecule is O=c1[nH]ccn(Cc2cc(F)ccc2F)c1=O. The van der Waals surface area contributed by atoms with Gasteiger partial charge in [-0.3, -0.25) is 9.59 Å². The summed E-state index contributed by atoms with van der Waals surface area (Å²) < 4.78 is 27.2. The lowest BCUT2D eigenvalue weighted by atomic mass is 10.2. The molecule has 0 radical (unpaired) electrons. The molecule has 88 valence electrons. The molecular formula is C11H8F2N2O2. The van der Waals surface area contributed by atoms with E-state index in [9.17, 15) is 18.4 Å². The first-order chi connectivity index (χ1) is 8.08. The zero-order valence-electron chi connectivity index (χ0n) is 8.61. The van der Waals surface area contributed by atoms with E-state index in [1.54, 1.807) is 0 Å². The van der Waals surface area contributed by atoms with Crippen LogP contribution in [0.4, 0.5) is 8.78 Å². The summed E-state index contributed by atoms with van der Waals surface area (Å²) in [6.45, 7) is -0.188. The highest BCUT2D eigenvalue weighted by Crippen LogP contribution is 2.10. The number of aromatic amines is 1. The topological polar surface area (TPSA) is 54.9 Å². The van der Waals surface area contributed by atoms with Crippen LogP contribution in [0.5, 0.6) is 0 Å². The smallest absolute Gasteiger partial charge is 0.316 e. The standard InChI is InChI=1S/C11H8F2N2O2/c12-8-1-2-9(13)7(5-8)6-15-4-3-14-10(16)11(15)17/h1-5H,6H2,(H,14,16). The first kappa shape index (κ1) is 11.3. The summed E-state index contributed by atoms with van der Waals surface area (Å²) in [6, 6.07) is 2.95. The molecule has 0 bridgehead atoms. The fourth-order valence-corrected chi connectivity index (χ4v) is 1.44. The summed E-state index contributed by atoms with van der Waals surface area (Å²) in [5.74, 6) is -1.22. The van der Waals surface area contributed by atoms with Crippen LogP contribution in [0.1, 0.15) is 5.56 Å². The van der Waals surface area contributed by atoms with Gasteiger partial charge in [0.15, 0.2) is 0 Å². The molecule has 6 heteroatoms. The Hall–Kier alpha value is -2.24. The van der Waals surface area contributed by atoms with E-state index in [1.807, 2.05) is 0 Å². The molecular weight excluding hydrogens is 230 g/mol. The van der Waals surface area contributed by atoms with E-state index >= 15 is 0 Å². The molecule has 0 saturated heterocycles. The number of nitrogens with one attached hydrogen (secondary N) is 1. The molecule has 1 N–H and O–H groups in total. The average molecular weight is 238 g/mol. The summed E-state index contributed by atoms with van der Waals surface area (Å²) in [4.78, 5) is 24.6. The van der Waals surface area contributed by atoms with Crippen LogP contribution in [0.25, 0.3) is 0 Å². The van der Waals surface area contributed by atoms with Crippen LogP contribution in [0.3, 0.4) is 0 Å². The maximum atomic E-state index is 13.3. The Morgan fingerprint density at radius 2 is 2.00 bits per heavy atom. The molecule has 0 saturated carbocycles. The first-order valence-electron chi connectivity index (χ1n) is 4.80. The quantitative estimate of drug-likeness (QED) is 0.789. The predicted molar refractivity (Wildman–Crippen MR) is 56.8 cm³/mol. The van der Waals surface area contributed by atoms with E-state index in [-0.39, 0.29) is 12.1 Å². The van der Waals surface area contributed by atoms with Crippen LogP contribution in [0.15, 0.2) is 40.2 Å². The van der Waals surface area contributed by atoms with E-state index in [0.717, 1.165) is 22.8 Å². The van der Waals surface area contributed by atoms with Crippen LogP contribution in [-0.4, -0.2) is 9.55 Å². The van der Waals surface area contributed by atoms with Crippen LogP contribution < -0.4 is 11.1 Å². The minimum absolute atomic E-state index is 0.0118. The summed E-state index contributed by atoms with van der Waals surface area (Å²) in [7, 11) is 0. The van der Waals surface area contributed by atoms with Crippen LogP contribution in [-0.2, 0) is 6.54 Å². The monoisotopic (exact) mass is 238 g/mol. The van der Waals surface area contributed by atoms with Crippen molar-refractivity contribution >= 4 is 0 Å². The van der Waals surface area contributed by atoms with Crippen molar-refractivity contribution in [3.05, 3.63) is 68.5 Å². The Morgan fingerprint density at radius 1 is 1.24 bits per heavy atom. The molecule has 2 aromatic rings. The van der Waals surface area contributed by atoms with Gasteiger partial charge in [-0.25, -0.2) is 8.78 Å². The van der Waals surface area contributed by atoms with Crippen molar-refractivity contribution in [2.75, 3.05) is 0 Å². The van der Waals surface area contributed by atoms with E-state index in [4.69, 9.17) is 0 Å². The highest BCUT2D eigenvalue weighted by Gasteiger charge is 2.06. The molecule has 1 heterocycles. The van der Waals surface area contributed by atoms with Crippen molar-refractivity contribution in [1.82, 2.24) is 9.55 Å². The summed E-state index contributed by atoms with van der Waals surface area (Å²) in [5, 5.41) is 0. The summed E-state index contributed by atoms with van der Waals surface area (Å²) in [6.07, 6.45) is 2.56. The molecule has 0 aliphatic heterocycles. The van der Waals surface area contributed by atoms with Gasteiger partial charge in [-0.05, 0) is 18.2 Å². The van der Waals surface area contributed by atoms with Crippen molar-refractivity contribution in [3.8, 4) is 0 Å². The molecule has 1 aromatic heterocycles. The third kappa shape index (κ3) is 2.30. The molecule has 4 nitrogen and oxygen atoms in total. The zero-order chi connectivity index (χ0) is 12.4. The third-order valence-electron chi connectivity index (χ3n) is 2.27. The lowest BCUT2D eigenvalue weighted by Crippen LogP contribution is -2.35. The lowest BCUT2D eigenvalue weighted by molar-refractivity contribution is 0.573. The van der Waals surface area contributed by atoms with Crippen molar-refractivity contribution in [1.29, 1.82) is 0 Å². The molecule has 0 fully saturated rings. The Kier molecular flexibility index (Phi) is 2.86. The van der Waals surface area contributed by atoms with Gasteiger partial charge in [0.1, 0.15) is 11.6 Å². The summed E-state index contributed by atoms with van der Waals surface area (Å²) in [5.41, 5.74) is -1.60. The number of hydrogen-bond acceptors (Lipinski definition) is 2. The molecule has 0 atom stereocenters. The summed E-state index contributed by atoms with van der Waals surface area (Å²) >= 11 is 0. The Bertz CT molecular complexity index is 661. The molecule has 1 aromatic carbocycles. The van der Waals surface area contributed by atoms with Gasteiger partial charge in [0.25, 0.3) is 0 Å². The van der Waals surface area contributed by atoms with Crippen molar-refractivity contribution in [2.45, 2.75) is 6.54 Å². The fourth-order valence-electron chi connectivity index (χ4n) is 1.44.